The summed E-state index contributed by atoms with van der Waals surface area (Å²) in [6, 6.07) is 9.54. The van der Waals surface area contributed by atoms with Crippen molar-refractivity contribution in [2.45, 2.75) is 33.3 Å². The van der Waals surface area contributed by atoms with E-state index in [-0.39, 0.29) is 5.56 Å². The fourth-order valence-corrected chi connectivity index (χ4v) is 2.29. The zero-order chi connectivity index (χ0) is 15.6. The molecule has 0 saturated heterocycles. The van der Waals surface area contributed by atoms with Gasteiger partial charge in [-0.2, -0.15) is 0 Å². The summed E-state index contributed by atoms with van der Waals surface area (Å²) in [5, 5.41) is 9.97. The summed E-state index contributed by atoms with van der Waals surface area (Å²) >= 11 is 0. The molecule has 0 atom stereocenters. The van der Waals surface area contributed by atoms with Crippen LogP contribution in [0.5, 0.6) is 0 Å². The molecule has 1 heterocycles. The lowest BCUT2D eigenvalue weighted by Gasteiger charge is -2.18. The SMILES string of the molecule is CC=Cc1c(C)cc(-c2ccc(C(C)(C)O)cc2)[nH]c1=O. The highest BCUT2D eigenvalue weighted by atomic mass is 16.3. The van der Waals surface area contributed by atoms with E-state index in [9.17, 15) is 9.90 Å². The molecule has 0 bridgehead atoms. The van der Waals surface area contributed by atoms with Crippen LogP contribution >= 0.6 is 0 Å². The first-order valence-electron chi connectivity index (χ1n) is 7.03. The van der Waals surface area contributed by atoms with Gasteiger partial charge < -0.3 is 10.1 Å². The predicted molar refractivity (Wildman–Crippen MR) is 87.2 cm³/mol. The van der Waals surface area contributed by atoms with Gasteiger partial charge in [0.15, 0.2) is 0 Å². The van der Waals surface area contributed by atoms with Crippen molar-refractivity contribution in [3.05, 3.63) is 63.5 Å². The Bertz CT molecular complexity index is 716. The minimum absolute atomic E-state index is 0.0883. The lowest BCUT2D eigenvalue weighted by Crippen LogP contribution is -2.15. The van der Waals surface area contributed by atoms with E-state index >= 15 is 0 Å². The lowest BCUT2D eigenvalue weighted by molar-refractivity contribution is 0.0786. The maximum absolute atomic E-state index is 12.1. The van der Waals surface area contributed by atoms with E-state index in [1.54, 1.807) is 13.8 Å². The van der Waals surface area contributed by atoms with Gasteiger partial charge in [0.1, 0.15) is 0 Å². The van der Waals surface area contributed by atoms with E-state index in [1.807, 2.05) is 56.3 Å². The second kappa shape index (κ2) is 5.70. The second-order valence-electron chi connectivity index (χ2n) is 5.75. The van der Waals surface area contributed by atoms with Crippen LogP contribution in [-0.2, 0) is 5.60 Å². The van der Waals surface area contributed by atoms with E-state index in [1.165, 1.54) is 0 Å². The minimum atomic E-state index is -0.863. The molecule has 0 aliphatic heterocycles. The Balaban J connectivity index is 2.46. The summed E-state index contributed by atoms with van der Waals surface area (Å²) in [4.78, 5) is 15.0. The van der Waals surface area contributed by atoms with Gasteiger partial charge in [0.2, 0.25) is 0 Å². The van der Waals surface area contributed by atoms with Crippen molar-refractivity contribution in [1.29, 1.82) is 0 Å². The summed E-state index contributed by atoms with van der Waals surface area (Å²) in [5.74, 6) is 0. The Morgan fingerprint density at radius 2 is 1.81 bits per heavy atom. The van der Waals surface area contributed by atoms with Gasteiger partial charge in [-0.05, 0) is 50.5 Å². The number of hydrogen-bond donors (Lipinski definition) is 2. The van der Waals surface area contributed by atoms with Crippen LogP contribution in [0.2, 0.25) is 0 Å². The maximum Gasteiger partial charge on any atom is 0.255 e. The van der Waals surface area contributed by atoms with E-state index in [0.29, 0.717) is 5.56 Å². The second-order valence-corrected chi connectivity index (χ2v) is 5.75. The first-order chi connectivity index (χ1) is 9.82. The minimum Gasteiger partial charge on any atom is -0.386 e. The molecule has 2 aromatic rings. The molecule has 2 N–H and O–H groups in total. The molecule has 0 radical (unpaired) electrons. The molecule has 110 valence electrons. The Kier molecular flexibility index (Phi) is 4.14. The number of aromatic amines is 1. The fraction of sp³-hybridized carbons (Fsp3) is 0.278. The smallest absolute Gasteiger partial charge is 0.255 e. The molecule has 0 aliphatic rings. The number of allylic oxidation sites excluding steroid dienone is 1. The van der Waals surface area contributed by atoms with Crippen molar-refractivity contribution >= 4 is 6.08 Å². The normalized spacial score (nSPS) is 12.0. The highest BCUT2D eigenvalue weighted by Crippen LogP contribution is 2.24. The van der Waals surface area contributed by atoms with Crippen molar-refractivity contribution in [2.75, 3.05) is 0 Å². The highest BCUT2D eigenvalue weighted by Gasteiger charge is 2.15. The number of aliphatic hydroxyl groups is 1. The topological polar surface area (TPSA) is 53.1 Å². The van der Waals surface area contributed by atoms with Gasteiger partial charge in [-0.25, -0.2) is 0 Å². The van der Waals surface area contributed by atoms with Crippen LogP contribution in [0, 0.1) is 6.92 Å². The molecule has 1 aromatic heterocycles. The van der Waals surface area contributed by atoms with E-state index in [0.717, 1.165) is 22.4 Å². The molecular weight excluding hydrogens is 262 g/mol. The number of rotatable bonds is 3. The predicted octanol–water partition coefficient (Wildman–Crippen LogP) is 3.61. The Hall–Kier alpha value is -2.13. The number of benzene rings is 1. The van der Waals surface area contributed by atoms with Gasteiger partial charge in [0.05, 0.1) is 5.60 Å². The molecule has 0 spiro atoms. The third kappa shape index (κ3) is 3.31. The van der Waals surface area contributed by atoms with Gasteiger partial charge >= 0.3 is 0 Å². The van der Waals surface area contributed by atoms with Crippen LogP contribution in [-0.4, -0.2) is 10.1 Å². The van der Waals surface area contributed by atoms with Crippen LogP contribution in [0.25, 0.3) is 17.3 Å². The van der Waals surface area contributed by atoms with Crippen molar-refractivity contribution < 1.29 is 5.11 Å². The number of pyridine rings is 1. The Morgan fingerprint density at radius 3 is 2.29 bits per heavy atom. The van der Waals surface area contributed by atoms with Crippen LogP contribution in [0.1, 0.15) is 37.5 Å². The molecule has 1 aromatic carbocycles. The standard InChI is InChI=1S/C18H21NO2/c1-5-6-15-12(2)11-16(19-17(15)20)13-7-9-14(10-8-13)18(3,4)21/h5-11,21H,1-4H3,(H,19,20). The van der Waals surface area contributed by atoms with Gasteiger partial charge in [-0.1, -0.05) is 36.4 Å². The zero-order valence-electron chi connectivity index (χ0n) is 12.9. The number of nitrogens with one attached hydrogen (secondary N) is 1. The maximum atomic E-state index is 12.1. The number of aromatic nitrogens is 1. The molecule has 0 unspecified atom stereocenters. The number of H-pyrrole nitrogens is 1. The molecule has 0 saturated carbocycles. The average molecular weight is 283 g/mol. The van der Waals surface area contributed by atoms with Crippen molar-refractivity contribution in [1.82, 2.24) is 4.98 Å². The van der Waals surface area contributed by atoms with Gasteiger partial charge in [0, 0.05) is 11.3 Å². The largest absolute Gasteiger partial charge is 0.386 e. The molecule has 21 heavy (non-hydrogen) atoms. The quantitative estimate of drug-likeness (QED) is 0.904. The summed E-state index contributed by atoms with van der Waals surface area (Å²) < 4.78 is 0. The monoisotopic (exact) mass is 283 g/mol. The number of aryl methyl sites for hydroxylation is 1. The summed E-state index contributed by atoms with van der Waals surface area (Å²) in [6.45, 7) is 7.32. The summed E-state index contributed by atoms with van der Waals surface area (Å²) in [7, 11) is 0. The third-order valence-corrected chi connectivity index (χ3v) is 3.51. The van der Waals surface area contributed by atoms with Gasteiger partial charge in [-0.15, -0.1) is 0 Å². The Morgan fingerprint density at radius 1 is 1.19 bits per heavy atom. The zero-order valence-corrected chi connectivity index (χ0v) is 12.9. The Labute approximate surface area is 125 Å². The molecule has 3 nitrogen and oxygen atoms in total. The summed E-state index contributed by atoms with van der Waals surface area (Å²) in [5.41, 5.74) is 3.24. The number of hydrogen-bond acceptors (Lipinski definition) is 2. The molecule has 0 fully saturated rings. The van der Waals surface area contributed by atoms with Crippen LogP contribution in [0.4, 0.5) is 0 Å². The van der Waals surface area contributed by atoms with Crippen molar-refractivity contribution in [2.24, 2.45) is 0 Å². The first kappa shape index (κ1) is 15.3. The van der Waals surface area contributed by atoms with Crippen LogP contribution in [0.15, 0.2) is 41.2 Å². The van der Waals surface area contributed by atoms with Gasteiger partial charge in [-0.3, -0.25) is 4.79 Å². The molecular formula is C18H21NO2. The first-order valence-corrected chi connectivity index (χ1v) is 7.03. The van der Waals surface area contributed by atoms with E-state index in [2.05, 4.69) is 4.98 Å². The van der Waals surface area contributed by atoms with Gasteiger partial charge in [0.25, 0.3) is 5.56 Å². The highest BCUT2D eigenvalue weighted by molar-refractivity contribution is 5.63. The fourth-order valence-electron chi connectivity index (χ4n) is 2.29. The van der Waals surface area contributed by atoms with E-state index < -0.39 is 5.60 Å². The summed E-state index contributed by atoms with van der Waals surface area (Å²) in [6.07, 6.45) is 3.67. The van der Waals surface area contributed by atoms with Crippen molar-refractivity contribution in [3.63, 3.8) is 0 Å². The average Bonchev–Trinajstić information content (AvgIpc) is 2.42. The van der Waals surface area contributed by atoms with Crippen LogP contribution < -0.4 is 5.56 Å². The molecule has 0 amide bonds. The van der Waals surface area contributed by atoms with Crippen molar-refractivity contribution in [3.8, 4) is 11.3 Å². The van der Waals surface area contributed by atoms with E-state index in [4.69, 9.17) is 0 Å². The lowest BCUT2D eigenvalue weighted by atomic mass is 9.96. The van der Waals surface area contributed by atoms with Crippen LogP contribution in [0.3, 0.4) is 0 Å². The molecule has 3 heteroatoms. The molecule has 2 rings (SSSR count). The third-order valence-electron chi connectivity index (χ3n) is 3.51. The molecule has 0 aliphatic carbocycles.